The third-order valence-corrected chi connectivity index (χ3v) is 3.24. The molecule has 1 aromatic carbocycles. The quantitative estimate of drug-likeness (QED) is 0.839. The Bertz CT molecular complexity index is 447. The van der Waals surface area contributed by atoms with E-state index in [2.05, 4.69) is 5.32 Å². The van der Waals surface area contributed by atoms with Crippen molar-refractivity contribution < 1.29 is 14.7 Å². The lowest BCUT2D eigenvalue weighted by atomic mass is 9.99. The molecule has 1 fully saturated rings. The second kappa shape index (κ2) is 5.08. The summed E-state index contributed by atoms with van der Waals surface area (Å²) in [6, 6.07) is 8.90. The van der Waals surface area contributed by atoms with E-state index in [0.29, 0.717) is 12.2 Å². The molecule has 1 aromatic rings. The van der Waals surface area contributed by atoms with Crippen LogP contribution in [0.15, 0.2) is 30.3 Å². The highest BCUT2D eigenvalue weighted by molar-refractivity contribution is 5.90. The molecule has 1 aliphatic heterocycles. The Morgan fingerprint density at radius 1 is 1.28 bits per heavy atom. The van der Waals surface area contributed by atoms with Crippen LogP contribution >= 0.6 is 0 Å². The highest BCUT2D eigenvalue weighted by atomic mass is 16.4. The summed E-state index contributed by atoms with van der Waals surface area (Å²) in [6.07, 6.45) is 0. The van der Waals surface area contributed by atoms with Gasteiger partial charge in [0.25, 0.3) is 0 Å². The third kappa shape index (κ3) is 2.61. The summed E-state index contributed by atoms with van der Waals surface area (Å²) in [7, 11) is 0. The van der Waals surface area contributed by atoms with E-state index >= 15 is 0 Å². The molecule has 0 bridgehead atoms. The van der Waals surface area contributed by atoms with Gasteiger partial charge in [0.2, 0.25) is 0 Å². The molecule has 0 radical (unpaired) electrons. The minimum atomic E-state index is -0.836. The number of benzene rings is 1. The van der Waals surface area contributed by atoms with Crippen LogP contribution in [0.2, 0.25) is 0 Å². The number of anilines is 1. The summed E-state index contributed by atoms with van der Waals surface area (Å²) in [5, 5.41) is 11.8. The molecule has 2 rings (SSSR count). The number of nitrogens with zero attached hydrogens (tertiary/aromatic N) is 1. The fraction of sp³-hybridized carbons (Fsp3) is 0.385. The first-order valence-electron chi connectivity index (χ1n) is 5.91. The molecule has 5 nitrogen and oxygen atoms in total. The summed E-state index contributed by atoms with van der Waals surface area (Å²) < 4.78 is 0. The van der Waals surface area contributed by atoms with Crippen molar-refractivity contribution >= 4 is 17.7 Å². The number of urea groups is 1. The van der Waals surface area contributed by atoms with Crippen LogP contribution < -0.4 is 5.32 Å². The maximum Gasteiger partial charge on any atom is 0.321 e. The minimum absolute atomic E-state index is 0.0102. The number of aliphatic carboxylic acids is 1. The van der Waals surface area contributed by atoms with Gasteiger partial charge in [-0.1, -0.05) is 25.1 Å². The van der Waals surface area contributed by atoms with E-state index in [1.807, 2.05) is 25.1 Å². The summed E-state index contributed by atoms with van der Waals surface area (Å²) >= 11 is 0. The van der Waals surface area contributed by atoms with Crippen molar-refractivity contribution in [3.63, 3.8) is 0 Å². The van der Waals surface area contributed by atoms with Crippen LogP contribution in [0.1, 0.15) is 6.92 Å². The molecule has 1 aliphatic rings. The van der Waals surface area contributed by atoms with E-state index < -0.39 is 11.9 Å². The Balaban J connectivity index is 1.97. The number of carbonyl (C=O) groups excluding carboxylic acids is 1. The Hall–Kier alpha value is -2.04. The van der Waals surface area contributed by atoms with Crippen LogP contribution in [0.5, 0.6) is 0 Å². The van der Waals surface area contributed by atoms with Gasteiger partial charge in [0.1, 0.15) is 0 Å². The Morgan fingerprint density at radius 3 is 2.50 bits per heavy atom. The molecule has 0 unspecified atom stereocenters. The van der Waals surface area contributed by atoms with E-state index in [4.69, 9.17) is 5.11 Å². The predicted octanol–water partition coefficient (Wildman–Crippen LogP) is 1.87. The first kappa shape index (κ1) is 12.4. The normalized spacial score (nSPS) is 22.8. The van der Waals surface area contributed by atoms with Gasteiger partial charge in [0.15, 0.2) is 0 Å². The SMILES string of the molecule is C[C@@H]1CN(C(=O)Nc2ccccc2)C[C@H]1C(=O)O. The summed E-state index contributed by atoms with van der Waals surface area (Å²) in [5.41, 5.74) is 0.717. The molecule has 1 heterocycles. The summed E-state index contributed by atoms with van der Waals surface area (Å²) in [5.74, 6) is -1.31. The van der Waals surface area contributed by atoms with E-state index in [1.165, 1.54) is 0 Å². The van der Waals surface area contributed by atoms with Crippen LogP contribution in [0.25, 0.3) is 0 Å². The Morgan fingerprint density at radius 2 is 1.94 bits per heavy atom. The zero-order valence-corrected chi connectivity index (χ0v) is 10.2. The average Bonchev–Trinajstić information content (AvgIpc) is 2.73. The standard InChI is InChI=1S/C13H16N2O3/c1-9-7-15(8-11(9)12(16)17)13(18)14-10-5-3-2-4-6-10/h2-6,9,11H,7-8H2,1H3,(H,14,18)(H,16,17)/t9-,11-/m1/s1. The number of carbonyl (C=O) groups is 2. The van der Waals surface area contributed by atoms with Crippen molar-refractivity contribution in [2.45, 2.75) is 6.92 Å². The summed E-state index contributed by atoms with van der Waals surface area (Å²) in [6.45, 7) is 2.61. The molecule has 0 aromatic heterocycles. The highest BCUT2D eigenvalue weighted by Gasteiger charge is 2.36. The molecule has 2 amide bonds. The number of carboxylic acid groups (broad SMARTS) is 1. The van der Waals surface area contributed by atoms with Crippen LogP contribution in [0, 0.1) is 11.8 Å². The second-order valence-electron chi connectivity index (χ2n) is 4.62. The van der Waals surface area contributed by atoms with Crippen molar-refractivity contribution in [3.8, 4) is 0 Å². The molecule has 2 N–H and O–H groups in total. The average molecular weight is 248 g/mol. The molecular weight excluding hydrogens is 232 g/mol. The second-order valence-corrected chi connectivity index (χ2v) is 4.62. The van der Waals surface area contributed by atoms with Gasteiger partial charge >= 0.3 is 12.0 Å². The van der Waals surface area contributed by atoms with Crippen molar-refractivity contribution in [3.05, 3.63) is 30.3 Å². The van der Waals surface area contributed by atoms with Gasteiger partial charge in [0.05, 0.1) is 5.92 Å². The molecule has 1 saturated heterocycles. The van der Waals surface area contributed by atoms with Gasteiger partial charge in [-0.05, 0) is 18.1 Å². The maximum absolute atomic E-state index is 12.0. The monoisotopic (exact) mass is 248 g/mol. The number of hydrogen-bond acceptors (Lipinski definition) is 2. The van der Waals surface area contributed by atoms with E-state index in [1.54, 1.807) is 17.0 Å². The van der Waals surface area contributed by atoms with Gasteiger partial charge < -0.3 is 15.3 Å². The van der Waals surface area contributed by atoms with E-state index in [9.17, 15) is 9.59 Å². The number of amides is 2. The molecular formula is C13H16N2O3. The van der Waals surface area contributed by atoms with Gasteiger partial charge in [-0.15, -0.1) is 0 Å². The third-order valence-electron chi connectivity index (χ3n) is 3.24. The van der Waals surface area contributed by atoms with Crippen LogP contribution in [-0.4, -0.2) is 35.1 Å². The Labute approximate surface area is 105 Å². The lowest BCUT2D eigenvalue weighted by Crippen LogP contribution is -2.33. The van der Waals surface area contributed by atoms with Crippen molar-refractivity contribution in [2.75, 3.05) is 18.4 Å². The van der Waals surface area contributed by atoms with Gasteiger partial charge in [-0.2, -0.15) is 0 Å². The zero-order chi connectivity index (χ0) is 13.1. The fourth-order valence-corrected chi connectivity index (χ4v) is 2.18. The molecule has 0 saturated carbocycles. The number of likely N-dealkylation sites (tertiary alicyclic amines) is 1. The Kier molecular flexibility index (Phi) is 3.50. The number of rotatable bonds is 2. The molecule has 5 heteroatoms. The van der Waals surface area contributed by atoms with E-state index in [-0.39, 0.29) is 18.5 Å². The highest BCUT2D eigenvalue weighted by Crippen LogP contribution is 2.23. The van der Waals surface area contributed by atoms with Crippen LogP contribution in [0.3, 0.4) is 0 Å². The lowest BCUT2D eigenvalue weighted by Gasteiger charge is -2.16. The largest absolute Gasteiger partial charge is 0.481 e. The fourth-order valence-electron chi connectivity index (χ4n) is 2.18. The first-order chi connectivity index (χ1) is 8.58. The zero-order valence-electron chi connectivity index (χ0n) is 10.2. The van der Waals surface area contributed by atoms with Crippen molar-refractivity contribution in [2.24, 2.45) is 11.8 Å². The topological polar surface area (TPSA) is 69.6 Å². The van der Waals surface area contributed by atoms with Gasteiger partial charge in [-0.3, -0.25) is 4.79 Å². The lowest BCUT2D eigenvalue weighted by molar-refractivity contribution is -0.142. The van der Waals surface area contributed by atoms with E-state index in [0.717, 1.165) is 0 Å². The smallest absolute Gasteiger partial charge is 0.321 e. The molecule has 96 valence electrons. The molecule has 2 atom stereocenters. The van der Waals surface area contributed by atoms with Crippen molar-refractivity contribution in [1.29, 1.82) is 0 Å². The molecule has 18 heavy (non-hydrogen) atoms. The van der Waals surface area contributed by atoms with Gasteiger partial charge in [0, 0.05) is 18.8 Å². The number of hydrogen-bond donors (Lipinski definition) is 2. The first-order valence-corrected chi connectivity index (χ1v) is 5.91. The van der Waals surface area contributed by atoms with Crippen LogP contribution in [0.4, 0.5) is 10.5 Å². The molecule has 0 aliphatic carbocycles. The summed E-state index contributed by atoms with van der Waals surface area (Å²) in [4.78, 5) is 24.5. The number of nitrogens with one attached hydrogen (secondary N) is 1. The molecule has 0 spiro atoms. The predicted molar refractivity (Wildman–Crippen MR) is 67.3 cm³/mol. The minimum Gasteiger partial charge on any atom is -0.481 e. The maximum atomic E-state index is 12.0. The van der Waals surface area contributed by atoms with Crippen LogP contribution in [-0.2, 0) is 4.79 Å². The van der Waals surface area contributed by atoms with Gasteiger partial charge in [-0.25, -0.2) is 4.79 Å². The number of para-hydroxylation sites is 1. The van der Waals surface area contributed by atoms with Crippen molar-refractivity contribution in [1.82, 2.24) is 4.90 Å². The number of carboxylic acids is 1.